The third kappa shape index (κ3) is 7.10. The Morgan fingerprint density at radius 2 is 1.68 bits per heavy atom. The first-order valence-corrected chi connectivity index (χ1v) is 13.8. The van der Waals surface area contributed by atoms with Crippen molar-refractivity contribution < 1.29 is 0 Å². The molecule has 0 aliphatic heterocycles. The van der Waals surface area contributed by atoms with Crippen LogP contribution in [0.4, 0.5) is 11.8 Å². The minimum atomic E-state index is 0.283. The minimum Gasteiger partial charge on any atom is -0.364 e. The number of unbranched alkanes of at least 4 members (excludes halogenated alkanes) is 1. The van der Waals surface area contributed by atoms with Crippen LogP contribution < -0.4 is 10.6 Å². The van der Waals surface area contributed by atoms with E-state index in [1.54, 1.807) is 0 Å². The van der Waals surface area contributed by atoms with E-state index in [9.17, 15) is 0 Å². The van der Waals surface area contributed by atoms with Crippen LogP contribution >= 0.6 is 0 Å². The number of benzene rings is 2. The van der Waals surface area contributed by atoms with Crippen LogP contribution in [-0.4, -0.2) is 25.6 Å². The first kappa shape index (κ1) is 27.1. The van der Waals surface area contributed by atoms with Crippen molar-refractivity contribution in [3.05, 3.63) is 66.5 Å². The van der Waals surface area contributed by atoms with Crippen molar-refractivity contribution in [2.45, 2.75) is 84.3 Å². The fourth-order valence-electron chi connectivity index (χ4n) is 4.65. The van der Waals surface area contributed by atoms with Gasteiger partial charge in [0.1, 0.15) is 0 Å². The lowest BCUT2D eigenvalue weighted by atomic mass is 9.96. The molecule has 0 spiro atoms. The molecule has 0 radical (unpaired) electrons. The number of anilines is 2. The predicted octanol–water partition coefficient (Wildman–Crippen LogP) is 7.74. The molecule has 0 bridgehead atoms. The Kier molecular flexibility index (Phi) is 9.69. The summed E-state index contributed by atoms with van der Waals surface area (Å²) in [5, 5.41) is 14.9. The molecule has 1 saturated carbocycles. The van der Waals surface area contributed by atoms with Gasteiger partial charge in [-0.15, -0.1) is 0 Å². The molecular formula is C31H39N7. The maximum Gasteiger partial charge on any atom is 0.227 e. The summed E-state index contributed by atoms with van der Waals surface area (Å²) in [5.74, 6) is 1.48. The van der Waals surface area contributed by atoms with E-state index in [4.69, 9.17) is 15.2 Å². The van der Waals surface area contributed by atoms with Gasteiger partial charge in [-0.3, -0.25) is 0 Å². The molecular weight excluding hydrogens is 470 g/mol. The largest absolute Gasteiger partial charge is 0.364 e. The van der Waals surface area contributed by atoms with E-state index in [1.807, 2.05) is 25.4 Å². The summed E-state index contributed by atoms with van der Waals surface area (Å²) in [7, 11) is 0. The number of nitrogens with zero attached hydrogens (tertiary/aromatic N) is 5. The maximum atomic E-state index is 7.82. The average Bonchev–Trinajstić information content (AvgIpc) is 3.38. The second-order valence-corrected chi connectivity index (χ2v) is 10.1. The molecule has 7 heteroatoms. The number of hydrogen-bond donors (Lipinski definition) is 2. The summed E-state index contributed by atoms with van der Waals surface area (Å²) in [6.45, 7) is 6.97. The third-order valence-electron chi connectivity index (χ3n) is 6.80. The van der Waals surface area contributed by atoms with Crippen LogP contribution in [0.3, 0.4) is 0 Å². The molecule has 198 valence electrons. The summed E-state index contributed by atoms with van der Waals surface area (Å²) < 4.78 is 2.11. The molecule has 0 unspecified atom stereocenters. The highest BCUT2D eigenvalue weighted by Gasteiger charge is 2.18. The van der Waals surface area contributed by atoms with Crippen LogP contribution in [0.1, 0.15) is 77.3 Å². The number of aromatic nitrogens is 4. The molecule has 1 aliphatic carbocycles. The van der Waals surface area contributed by atoms with E-state index in [0.717, 1.165) is 23.4 Å². The average molecular weight is 510 g/mol. The van der Waals surface area contributed by atoms with Gasteiger partial charge >= 0.3 is 0 Å². The smallest absolute Gasteiger partial charge is 0.227 e. The maximum absolute atomic E-state index is 7.82. The van der Waals surface area contributed by atoms with Crippen molar-refractivity contribution >= 4 is 22.9 Å². The van der Waals surface area contributed by atoms with Gasteiger partial charge in [0, 0.05) is 25.0 Å². The monoisotopic (exact) mass is 509 g/mol. The molecule has 1 fully saturated rings. The van der Waals surface area contributed by atoms with Gasteiger partial charge in [0.25, 0.3) is 0 Å². The van der Waals surface area contributed by atoms with Gasteiger partial charge in [-0.25, -0.2) is 4.98 Å². The Morgan fingerprint density at radius 1 is 0.974 bits per heavy atom. The Balaban J connectivity index is 0.000000617. The zero-order valence-corrected chi connectivity index (χ0v) is 22.8. The summed E-state index contributed by atoms with van der Waals surface area (Å²) >= 11 is 0. The normalized spacial score (nSPS) is 13.6. The van der Waals surface area contributed by atoms with E-state index >= 15 is 0 Å². The van der Waals surface area contributed by atoms with Gasteiger partial charge in [-0.2, -0.15) is 15.2 Å². The van der Waals surface area contributed by atoms with E-state index in [1.165, 1.54) is 48.8 Å². The van der Waals surface area contributed by atoms with Gasteiger partial charge in [-0.05, 0) is 49.8 Å². The molecule has 2 heterocycles. The first-order valence-electron chi connectivity index (χ1n) is 13.8. The minimum absolute atomic E-state index is 0.283. The topological polar surface area (TPSA) is 91.4 Å². The Bertz CT molecular complexity index is 1310. The second-order valence-electron chi connectivity index (χ2n) is 10.1. The number of hydrogen-bond acceptors (Lipinski definition) is 6. The first-order chi connectivity index (χ1) is 18.6. The predicted molar refractivity (Wildman–Crippen MR) is 156 cm³/mol. The lowest BCUT2D eigenvalue weighted by Gasteiger charge is -2.23. The zero-order valence-electron chi connectivity index (χ0n) is 22.8. The summed E-state index contributed by atoms with van der Waals surface area (Å²) in [6.07, 6.45) is 9.78. The number of nitriles is 1. The molecule has 1 aliphatic rings. The third-order valence-corrected chi connectivity index (χ3v) is 6.80. The van der Waals surface area contributed by atoms with Gasteiger partial charge in [0.2, 0.25) is 5.95 Å². The standard InChI is InChI=1S/C27H32N6.C4H7N/c1-19(2)33-18-29-24-25(31-27(32-26(24)33)30-23-11-7-4-8-12-23)28-17-20-13-15-22(16-14-20)21-9-5-3-6-10-21;1-2-3-4-5/h3,5-6,9-10,13-16,18-19,23H,4,7-8,11-12,17H2,1-2H3,(H2,28,30,31,32);2-3H2,1H3. The van der Waals surface area contributed by atoms with Gasteiger partial charge in [-0.1, -0.05) is 80.8 Å². The highest BCUT2D eigenvalue weighted by molar-refractivity contribution is 5.84. The molecule has 0 amide bonds. The molecule has 2 aromatic carbocycles. The Morgan fingerprint density at radius 3 is 2.32 bits per heavy atom. The summed E-state index contributed by atoms with van der Waals surface area (Å²) in [5.41, 5.74) is 5.34. The highest BCUT2D eigenvalue weighted by Crippen LogP contribution is 2.26. The lowest BCUT2D eigenvalue weighted by molar-refractivity contribution is 0.461. The van der Waals surface area contributed by atoms with Gasteiger partial charge < -0.3 is 15.2 Å². The van der Waals surface area contributed by atoms with Crippen molar-refractivity contribution in [3.63, 3.8) is 0 Å². The Labute approximate surface area is 226 Å². The van der Waals surface area contributed by atoms with Crippen molar-refractivity contribution in [1.82, 2.24) is 19.5 Å². The molecule has 0 saturated heterocycles. The molecule has 5 rings (SSSR count). The number of imidazole rings is 1. The summed E-state index contributed by atoms with van der Waals surface area (Å²) in [6, 6.07) is 21.9. The molecule has 2 N–H and O–H groups in total. The van der Waals surface area contributed by atoms with Crippen LogP contribution in [0, 0.1) is 11.3 Å². The van der Waals surface area contributed by atoms with E-state index < -0.39 is 0 Å². The Hall–Kier alpha value is -3.92. The molecule has 4 aromatic rings. The number of rotatable bonds is 8. The van der Waals surface area contributed by atoms with Crippen molar-refractivity contribution in [2.24, 2.45) is 0 Å². The second kappa shape index (κ2) is 13.6. The summed E-state index contributed by atoms with van der Waals surface area (Å²) in [4.78, 5) is 14.3. The molecule has 0 atom stereocenters. The van der Waals surface area contributed by atoms with Crippen molar-refractivity contribution in [3.8, 4) is 17.2 Å². The number of fused-ring (bicyclic) bond motifs is 1. The SMILES string of the molecule is CC(C)n1cnc2c(NCc3ccc(-c4ccccc4)cc3)nc(NC3CCCCC3)nc21.CCCC#N. The molecule has 38 heavy (non-hydrogen) atoms. The zero-order chi connectivity index (χ0) is 26.7. The molecule has 7 nitrogen and oxygen atoms in total. The quantitative estimate of drug-likeness (QED) is 0.252. The number of nitrogens with one attached hydrogen (secondary N) is 2. The fraction of sp³-hybridized carbons (Fsp3) is 0.419. The van der Waals surface area contributed by atoms with Crippen LogP contribution in [0.2, 0.25) is 0 Å². The van der Waals surface area contributed by atoms with Crippen LogP contribution in [0.25, 0.3) is 22.3 Å². The van der Waals surface area contributed by atoms with E-state index in [0.29, 0.717) is 25.0 Å². The van der Waals surface area contributed by atoms with Gasteiger partial charge in [0.15, 0.2) is 17.0 Å². The van der Waals surface area contributed by atoms with Crippen LogP contribution in [0.15, 0.2) is 60.9 Å². The van der Waals surface area contributed by atoms with E-state index in [-0.39, 0.29) is 6.04 Å². The van der Waals surface area contributed by atoms with Gasteiger partial charge in [0.05, 0.1) is 12.4 Å². The van der Waals surface area contributed by atoms with E-state index in [2.05, 4.69) is 82.6 Å². The van der Waals surface area contributed by atoms with Crippen LogP contribution in [0.5, 0.6) is 0 Å². The fourth-order valence-corrected chi connectivity index (χ4v) is 4.65. The van der Waals surface area contributed by atoms with Crippen LogP contribution in [-0.2, 0) is 6.54 Å². The van der Waals surface area contributed by atoms with Crippen molar-refractivity contribution in [1.29, 1.82) is 5.26 Å². The van der Waals surface area contributed by atoms with Crippen molar-refractivity contribution in [2.75, 3.05) is 10.6 Å². The lowest BCUT2D eigenvalue weighted by Crippen LogP contribution is -2.24. The molecule has 2 aromatic heterocycles. The highest BCUT2D eigenvalue weighted by atomic mass is 15.2.